The predicted molar refractivity (Wildman–Crippen MR) is 77.3 cm³/mol. The molecule has 0 radical (unpaired) electrons. The topological polar surface area (TPSA) is 46.1 Å². The zero-order valence-corrected chi connectivity index (χ0v) is 12.9. The monoisotopic (exact) mass is 281 g/mol. The Labute approximate surface area is 119 Å². The number of piperidine rings is 1. The second-order valence-corrected chi connectivity index (χ2v) is 6.76. The Morgan fingerprint density at radius 1 is 1.47 bits per heavy atom. The molecule has 1 atom stereocenters. The summed E-state index contributed by atoms with van der Waals surface area (Å²) in [6.07, 6.45) is 3.81. The summed E-state index contributed by atoms with van der Waals surface area (Å²) in [5, 5.41) is 10.9. The van der Waals surface area contributed by atoms with Gasteiger partial charge in [0, 0.05) is 31.8 Å². The lowest BCUT2D eigenvalue weighted by molar-refractivity contribution is -0.132. The van der Waals surface area contributed by atoms with Crippen LogP contribution in [0, 0.1) is 5.92 Å². The van der Waals surface area contributed by atoms with Gasteiger partial charge in [-0.3, -0.25) is 4.79 Å². The van der Waals surface area contributed by atoms with Crippen molar-refractivity contribution in [1.82, 2.24) is 15.1 Å². The van der Waals surface area contributed by atoms with Crippen LogP contribution in [-0.4, -0.2) is 34.1 Å². The van der Waals surface area contributed by atoms with E-state index in [1.807, 2.05) is 11.8 Å². The van der Waals surface area contributed by atoms with Crippen LogP contribution >= 0.6 is 11.3 Å². The van der Waals surface area contributed by atoms with Crippen LogP contribution in [0.15, 0.2) is 0 Å². The summed E-state index contributed by atoms with van der Waals surface area (Å²) in [5.41, 5.74) is 0. The van der Waals surface area contributed by atoms with Crippen LogP contribution in [0.5, 0.6) is 0 Å². The van der Waals surface area contributed by atoms with Crippen LogP contribution in [0.2, 0.25) is 0 Å². The predicted octanol–water partition coefficient (Wildman–Crippen LogP) is 2.85. The van der Waals surface area contributed by atoms with E-state index in [9.17, 15) is 4.79 Å². The van der Waals surface area contributed by atoms with Crippen molar-refractivity contribution in [2.75, 3.05) is 13.1 Å². The van der Waals surface area contributed by atoms with Gasteiger partial charge < -0.3 is 4.90 Å². The van der Waals surface area contributed by atoms with Gasteiger partial charge in [0.1, 0.15) is 10.0 Å². The Morgan fingerprint density at radius 3 is 2.95 bits per heavy atom. The number of likely N-dealkylation sites (tertiary alicyclic amines) is 1. The number of carbonyl (C=O) groups excluding carboxylic acids is 1. The Morgan fingerprint density at radius 2 is 2.26 bits per heavy atom. The average Bonchev–Trinajstić information content (AvgIpc) is 2.85. The molecule has 4 nitrogen and oxygen atoms in total. The fourth-order valence-electron chi connectivity index (χ4n) is 2.49. The largest absolute Gasteiger partial charge is 0.342 e. The van der Waals surface area contributed by atoms with E-state index in [0.717, 1.165) is 42.4 Å². The second kappa shape index (κ2) is 6.46. The molecule has 0 aromatic carbocycles. The summed E-state index contributed by atoms with van der Waals surface area (Å²) in [6, 6.07) is 0. The summed E-state index contributed by atoms with van der Waals surface area (Å²) < 4.78 is 0. The summed E-state index contributed by atoms with van der Waals surface area (Å²) in [6.45, 7) is 8.05. The molecule has 5 heteroatoms. The fourth-order valence-corrected chi connectivity index (χ4v) is 3.67. The van der Waals surface area contributed by atoms with E-state index in [0.29, 0.717) is 18.3 Å². The van der Waals surface area contributed by atoms with Crippen molar-refractivity contribution in [3.05, 3.63) is 10.0 Å². The summed E-state index contributed by atoms with van der Waals surface area (Å²) in [5.74, 6) is 1.27. The van der Waals surface area contributed by atoms with Gasteiger partial charge in [0.2, 0.25) is 5.91 Å². The maximum Gasteiger partial charge on any atom is 0.222 e. The summed E-state index contributed by atoms with van der Waals surface area (Å²) in [7, 11) is 0. The standard InChI is InChI=1S/C14H23N3OS/c1-4-13(18)17-7-5-6-11(9-17)14-16-15-12(19-14)8-10(2)3/h10-11H,4-9H2,1-3H3. The van der Waals surface area contributed by atoms with Gasteiger partial charge >= 0.3 is 0 Å². The smallest absolute Gasteiger partial charge is 0.222 e. The first kappa shape index (κ1) is 14.4. The molecular formula is C14H23N3OS. The molecule has 1 unspecified atom stereocenters. The first-order chi connectivity index (χ1) is 9.10. The van der Waals surface area contributed by atoms with Crippen molar-refractivity contribution < 1.29 is 4.79 Å². The SMILES string of the molecule is CCC(=O)N1CCCC(c2nnc(CC(C)C)s2)C1. The molecule has 19 heavy (non-hydrogen) atoms. The van der Waals surface area contributed by atoms with Crippen molar-refractivity contribution in [3.8, 4) is 0 Å². The van der Waals surface area contributed by atoms with Crippen LogP contribution in [0.3, 0.4) is 0 Å². The minimum atomic E-state index is 0.261. The molecule has 0 spiro atoms. The normalized spacial score (nSPS) is 20.0. The molecule has 0 bridgehead atoms. The first-order valence-electron chi connectivity index (χ1n) is 7.20. The second-order valence-electron chi connectivity index (χ2n) is 5.66. The molecule has 0 saturated carbocycles. The minimum Gasteiger partial charge on any atom is -0.342 e. The first-order valence-corrected chi connectivity index (χ1v) is 8.01. The van der Waals surface area contributed by atoms with Crippen LogP contribution in [0.25, 0.3) is 0 Å². The third-order valence-electron chi connectivity index (χ3n) is 3.49. The van der Waals surface area contributed by atoms with Gasteiger partial charge in [0.05, 0.1) is 0 Å². The molecule has 106 valence electrons. The van der Waals surface area contributed by atoms with Crippen LogP contribution < -0.4 is 0 Å². The van der Waals surface area contributed by atoms with E-state index >= 15 is 0 Å². The van der Waals surface area contributed by atoms with Crippen molar-refractivity contribution in [2.45, 2.75) is 52.4 Å². The van der Waals surface area contributed by atoms with Gasteiger partial charge in [-0.25, -0.2) is 0 Å². The summed E-state index contributed by atoms with van der Waals surface area (Å²) >= 11 is 1.73. The number of rotatable bonds is 4. The summed E-state index contributed by atoms with van der Waals surface area (Å²) in [4.78, 5) is 13.8. The van der Waals surface area contributed by atoms with E-state index in [4.69, 9.17) is 0 Å². The zero-order chi connectivity index (χ0) is 13.8. The van der Waals surface area contributed by atoms with Crippen LogP contribution in [0.4, 0.5) is 0 Å². The lowest BCUT2D eigenvalue weighted by Crippen LogP contribution is -2.38. The molecule has 1 aromatic heterocycles. The van der Waals surface area contributed by atoms with Crippen LogP contribution in [-0.2, 0) is 11.2 Å². The lowest BCUT2D eigenvalue weighted by Gasteiger charge is -2.31. The van der Waals surface area contributed by atoms with E-state index in [2.05, 4.69) is 24.0 Å². The Bertz CT molecular complexity index is 430. The van der Waals surface area contributed by atoms with Gasteiger partial charge in [0.25, 0.3) is 0 Å². The average molecular weight is 281 g/mol. The molecule has 1 aromatic rings. The molecule has 1 aliphatic rings. The Hall–Kier alpha value is -0.970. The Kier molecular flexibility index (Phi) is 4.91. The highest BCUT2D eigenvalue weighted by Crippen LogP contribution is 2.29. The fraction of sp³-hybridized carbons (Fsp3) is 0.786. The highest BCUT2D eigenvalue weighted by Gasteiger charge is 2.26. The number of aromatic nitrogens is 2. The highest BCUT2D eigenvalue weighted by atomic mass is 32.1. The van der Waals surface area contributed by atoms with E-state index in [1.165, 1.54) is 0 Å². The molecule has 2 heterocycles. The highest BCUT2D eigenvalue weighted by molar-refractivity contribution is 7.11. The van der Waals surface area contributed by atoms with Crippen molar-refractivity contribution >= 4 is 17.2 Å². The number of amides is 1. The van der Waals surface area contributed by atoms with Crippen molar-refractivity contribution in [1.29, 1.82) is 0 Å². The number of nitrogens with zero attached hydrogens (tertiary/aromatic N) is 3. The molecule has 1 fully saturated rings. The van der Waals surface area contributed by atoms with Crippen molar-refractivity contribution in [3.63, 3.8) is 0 Å². The van der Waals surface area contributed by atoms with Gasteiger partial charge in [0.15, 0.2) is 0 Å². The number of hydrogen-bond donors (Lipinski definition) is 0. The van der Waals surface area contributed by atoms with E-state index in [1.54, 1.807) is 11.3 Å². The Balaban J connectivity index is 2.01. The van der Waals surface area contributed by atoms with Gasteiger partial charge in [-0.1, -0.05) is 20.8 Å². The molecule has 1 amide bonds. The molecule has 1 aliphatic heterocycles. The van der Waals surface area contributed by atoms with Gasteiger partial charge in [-0.05, 0) is 18.8 Å². The molecular weight excluding hydrogens is 258 g/mol. The molecule has 1 saturated heterocycles. The minimum absolute atomic E-state index is 0.261. The zero-order valence-electron chi connectivity index (χ0n) is 12.1. The maximum atomic E-state index is 11.8. The van der Waals surface area contributed by atoms with Gasteiger partial charge in [-0.2, -0.15) is 0 Å². The molecule has 0 aliphatic carbocycles. The molecule has 2 rings (SSSR count). The van der Waals surface area contributed by atoms with Crippen LogP contribution in [0.1, 0.15) is 56.0 Å². The van der Waals surface area contributed by atoms with Gasteiger partial charge in [-0.15, -0.1) is 21.5 Å². The molecule has 0 N–H and O–H groups in total. The third kappa shape index (κ3) is 3.75. The maximum absolute atomic E-state index is 11.8. The number of hydrogen-bond acceptors (Lipinski definition) is 4. The lowest BCUT2D eigenvalue weighted by atomic mass is 9.98. The van der Waals surface area contributed by atoms with E-state index in [-0.39, 0.29) is 5.91 Å². The van der Waals surface area contributed by atoms with E-state index < -0.39 is 0 Å². The quantitative estimate of drug-likeness (QED) is 0.852. The third-order valence-corrected chi connectivity index (χ3v) is 4.60. The number of carbonyl (C=O) groups is 1. The van der Waals surface area contributed by atoms with Crippen molar-refractivity contribution in [2.24, 2.45) is 5.92 Å².